The van der Waals surface area contributed by atoms with E-state index < -0.39 is 0 Å². The van der Waals surface area contributed by atoms with Crippen molar-refractivity contribution in [1.29, 1.82) is 0 Å². The SMILES string of the molecule is Cc1cc(-n2ccc(OCc3ccc(F)cc3)cc2=O)cc2[nH]c(C3CC3)nc12. The van der Waals surface area contributed by atoms with Crippen LogP contribution in [0.15, 0.2) is 59.5 Å². The van der Waals surface area contributed by atoms with E-state index in [1.807, 2.05) is 19.1 Å². The Morgan fingerprint density at radius 1 is 1.17 bits per heavy atom. The minimum atomic E-state index is -0.287. The zero-order chi connectivity index (χ0) is 20.0. The fraction of sp³-hybridized carbons (Fsp3) is 0.217. The number of halogens is 1. The molecular formula is C23H20FN3O2. The topological polar surface area (TPSA) is 59.9 Å². The van der Waals surface area contributed by atoms with Crippen molar-refractivity contribution in [3.8, 4) is 11.4 Å². The van der Waals surface area contributed by atoms with Gasteiger partial charge in [0.05, 0.1) is 16.7 Å². The van der Waals surface area contributed by atoms with Crippen LogP contribution in [0.1, 0.15) is 35.7 Å². The third-order valence-electron chi connectivity index (χ3n) is 5.23. The number of aromatic nitrogens is 3. The summed E-state index contributed by atoms with van der Waals surface area (Å²) in [6.45, 7) is 2.28. The summed E-state index contributed by atoms with van der Waals surface area (Å²) in [5.41, 5.74) is 4.39. The number of ether oxygens (including phenoxy) is 1. The highest BCUT2D eigenvalue weighted by Crippen LogP contribution is 2.39. The zero-order valence-electron chi connectivity index (χ0n) is 16.0. The van der Waals surface area contributed by atoms with Gasteiger partial charge in [-0.05, 0) is 61.2 Å². The molecule has 2 aromatic carbocycles. The molecular weight excluding hydrogens is 369 g/mol. The summed E-state index contributed by atoms with van der Waals surface area (Å²) in [6, 6.07) is 13.3. The molecule has 29 heavy (non-hydrogen) atoms. The maximum atomic E-state index is 13.0. The summed E-state index contributed by atoms with van der Waals surface area (Å²) in [7, 11) is 0. The van der Waals surface area contributed by atoms with Gasteiger partial charge < -0.3 is 9.72 Å². The predicted octanol–water partition coefficient (Wildman–Crippen LogP) is 4.62. The second kappa shape index (κ2) is 6.88. The lowest BCUT2D eigenvalue weighted by Crippen LogP contribution is -2.17. The molecule has 0 atom stereocenters. The van der Waals surface area contributed by atoms with Crippen LogP contribution in [-0.2, 0) is 6.61 Å². The van der Waals surface area contributed by atoms with Crippen molar-refractivity contribution in [2.24, 2.45) is 0 Å². The summed E-state index contributed by atoms with van der Waals surface area (Å²) in [4.78, 5) is 20.8. The van der Waals surface area contributed by atoms with E-state index in [-0.39, 0.29) is 18.0 Å². The molecule has 0 spiro atoms. The average Bonchev–Trinajstić information content (AvgIpc) is 3.47. The summed E-state index contributed by atoms with van der Waals surface area (Å²) in [5.74, 6) is 1.78. The van der Waals surface area contributed by atoms with Gasteiger partial charge >= 0.3 is 0 Å². The van der Waals surface area contributed by atoms with Gasteiger partial charge in [0.2, 0.25) is 0 Å². The van der Waals surface area contributed by atoms with E-state index in [0.717, 1.165) is 33.7 Å². The molecule has 4 aromatic rings. The van der Waals surface area contributed by atoms with Crippen molar-refractivity contribution in [2.45, 2.75) is 32.3 Å². The van der Waals surface area contributed by atoms with Crippen LogP contribution in [0.5, 0.6) is 5.75 Å². The number of aryl methyl sites for hydroxylation is 1. The molecule has 0 saturated heterocycles. The first kappa shape index (κ1) is 17.7. The van der Waals surface area contributed by atoms with E-state index in [0.29, 0.717) is 11.7 Å². The number of aromatic amines is 1. The number of benzene rings is 2. The van der Waals surface area contributed by atoms with Gasteiger partial charge in [0.25, 0.3) is 5.56 Å². The Labute approximate surface area is 166 Å². The molecule has 146 valence electrons. The van der Waals surface area contributed by atoms with Crippen molar-refractivity contribution >= 4 is 11.0 Å². The lowest BCUT2D eigenvalue weighted by atomic mass is 10.2. The van der Waals surface area contributed by atoms with Gasteiger partial charge in [0.15, 0.2) is 0 Å². The molecule has 0 unspecified atom stereocenters. The molecule has 1 fully saturated rings. The van der Waals surface area contributed by atoms with Gasteiger partial charge in [-0.25, -0.2) is 9.37 Å². The van der Waals surface area contributed by atoms with Crippen LogP contribution in [0.3, 0.4) is 0 Å². The smallest absolute Gasteiger partial charge is 0.258 e. The first-order valence-electron chi connectivity index (χ1n) is 9.67. The molecule has 0 bridgehead atoms. The number of H-pyrrole nitrogens is 1. The maximum absolute atomic E-state index is 13.0. The van der Waals surface area contributed by atoms with E-state index in [4.69, 9.17) is 9.72 Å². The molecule has 1 aliphatic rings. The molecule has 6 heteroatoms. The van der Waals surface area contributed by atoms with Gasteiger partial charge in [-0.3, -0.25) is 9.36 Å². The predicted molar refractivity (Wildman–Crippen MR) is 109 cm³/mol. The summed E-state index contributed by atoms with van der Waals surface area (Å²) in [6.07, 6.45) is 4.08. The third-order valence-corrected chi connectivity index (χ3v) is 5.23. The summed E-state index contributed by atoms with van der Waals surface area (Å²) < 4.78 is 20.3. The van der Waals surface area contributed by atoms with Crippen LogP contribution in [0.25, 0.3) is 16.7 Å². The number of hydrogen-bond acceptors (Lipinski definition) is 3. The van der Waals surface area contributed by atoms with Crippen molar-refractivity contribution in [2.75, 3.05) is 0 Å². The minimum absolute atomic E-state index is 0.178. The molecule has 1 N–H and O–H groups in total. The first-order valence-corrected chi connectivity index (χ1v) is 9.67. The van der Waals surface area contributed by atoms with E-state index >= 15 is 0 Å². The van der Waals surface area contributed by atoms with Gasteiger partial charge in [-0.1, -0.05) is 12.1 Å². The normalized spacial score (nSPS) is 13.7. The molecule has 2 aromatic heterocycles. The number of pyridine rings is 1. The van der Waals surface area contributed by atoms with Crippen LogP contribution in [0.4, 0.5) is 4.39 Å². The lowest BCUT2D eigenvalue weighted by molar-refractivity contribution is 0.305. The van der Waals surface area contributed by atoms with Crippen LogP contribution < -0.4 is 10.3 Å². The quantitative estimate of drug-likeness (QED) is 0.542. The van der Waals surface area contributed by atoms with Crippen molar-refractivity contribution in [1.82, 2.24) is 14.5 Å². The molecule has 0 aliphatic heterocycles. The minimum Gasteiger partial charge on any atom is -0.489 e. The molecule has 5 nitrogen and oxygen atoms in total. The highest BCUT2D eigenvalue weighted by molar-refractivity contribution is 5.81. The first-order chi connectivity index (χ1) is 14.1. The molecule has 5 rings (SSSR count). The molecule has 1 aliphatic carbocycles. The van der Waals surface area contributed by atoms with E-state index in [2.05, 4.69) is 4.98 Å². The van der Waals surface area contributed by atoms with Crippen molar-refractivity contribution in [3.63, 3.8) is 0 Å². The van der Waals surface area contributed by atoms with Crippen LogP contribution >= 0.6 is 0 Å². The Kier molecular flexibility index (Phi) is 4.19. The zero-order valence-corrected chi connectivity index (χ0v) is 16.0. The third kappa shape index (κ3) is 3.53. The monoisotopic (exact) mass is 389 g/mol. The van der Waals surface area contributed by atoms with Crippen LogP contribution in [0, 0.1) is 12.7 Å². The molecule has 0 amide bonds. The van der Waals surface area contributed by atoms with E-state index in [9.17, 15) is 9.18 Å². The number of fused-ring (bicyclic) bond motifs is 1. The molecule has 2 heterocycles. The maximum Gasteiger partial charge on any atom is 0.258 e. The standard InChI is InChI=1S/C23H20FN3O2/c1-14-10-18(11-20-22(14)26-23(25-20)16-4-5-16)27-9-8-19(12-21(27)28)29-13-15-2-6-17(24)7-3-15/h2-3,6-12,16H,4-5,13H2,1H3,(H,25,26). The average molecular weight is 389 g/mol. The Balaban J connectivity index is 1.41. The van der Waals surface area contributed by atoms with Gasteiger partial charge in [-0.15, -0.1) is 0 Å². The van der Waals surface area contributed by atoms with Crippen molar-refractivity contribution < 1.29 is 9.13 Å². The number of imidazole rings is 1. The number of rotatable bonds is 5. The largest absolute Gasteiger partial charge is 0.489 e. The van der Waals surface area contributed by atoms with Gasteiger partial charge in [-0.2, -0.15) is 0 Å². The fourth-order valence-corrected chi connectivity index (χ4v) is 3.49. The Morgan fingerprint density at radius 3 is 2.69 bits per heavy atom. The highest BCUT2D eigenvalue weighted by atomic mass is 19.1. The number of hydrogen-bond donors (Lipinski definition) is 1. The second-order valence-electron chi connectivity index (χ2n) is 7.54. The Hall–Kier alpha value is -3.41. The summed E-state index contributed by atoms with van der Waals surface area (Å²) in [5, 5.41) is 0. The van der Waals surface area contributed by atoms with E-state index in [1.165, 1.54) is 31.0 Å². The van der Waals surface area contributed by atoms with Crippen LogP contribution in [-0.4, -0.2) is 14.5 Å². The fourth-order valence-electron chi connectivity index (χ4n) is 3.49. The van der Waals surface area contributed by atoms with Gasteiger partial charge in [0, 0.05) is 18.2 Å². The van der Waals surface area contributed by atoms with Gasteiger partial charge in [0.1, 0.15) is 24.0 Å². The summed E-state index contributed by atoms with van der Waals surface area (Å²) >= 11 is 0. The van der Waals surface area contributed by atoms with Crippen LogP contribution in [0.2, 0.25) is 0 Å². The molecule has 0 radical (unpaired) electrons. The van der Waals surface area contributed by atoms with Crippen molar-refractivity contribution in [3.05, 3.63) is 87.9 Å². The second-order valence-corrected chi connectivity index (χ2v) is 7.54. The lowest BCUT2D eigenvalue weighted by Gasteiger charge is -2.10. The molecule has 1 saturated carbocycles. The number of nitrogens with zero attached hydrogens (tertiary/aromatic N) is 2. The Bertz CT molecular complexity index is 1250. The number of nitrogens with one attached hydrogen (secondary N) is 1. The highest BCUT2D eigenvalue weighted by Gasteiger charge is 2.27. The Morgan fingerprint density at radius 2 is 1.97 bits per heavy atom. The van der Waals surface area contributed by atoms with E-state index in [1.54, 1.807) is 29.0 Å².